The second-order valence-electron chi connectivity index (χ2n) is 2.95. The van der Waals surface area contributed by atoms with Gasteiger partial charge in [-0.05, 0) is 24.1 Å². The number of rotatable bonds is 4. The lowest BCUT2D eigenvalue weighted by atomic mass is 9.96. The van der Waals surface area contributed by atoms with Gasteiger partial charge in [0.1, 0.15) is 0 Å². The van der Waals surface area contributed by atoms with Crippen LogP contribution in [0.2, 0.25) is 5.02 Å². The van der Waals surface area contributed by atoms with E-state index >= 15 is 0 Å². The summed E-state index contributed by atoms with van der Waals surface area (Å²) in [5.41, 5.74) is 0.663. The van der Waals surface area contributed by atoms with Gasteiger partial charge in [-0.25, -0.2) is 0 Å². The molecule has 1 atom stereocenters. The van der Waals surface area contributed by atoms with E-state index in [4.69, 9.17) is 21.8 Å². The first-order valence-corrected chi connectivity index (χ1v) is 4.62. The van der Waals surface area contributed by atoms with Crippen molar-refractivity contribution in [3.8, 4) is 0 Å². The molecule has 0 saturated carbocycles. The first-order chi connectivity index (χ1) is 6.65. The highest BCUT2D eigenvalue weighted by Gasteiger charge is 2.18. The quantitative estimate of drug-likeness (QED) is 0.805. The largest absolute Gasteiger partial charge is 0.481 e. The minimum absolute atomic E-state index is 0.139. The number of carbonyl (C=O) groups is 1. The summed E-state index contributed by atoms with van der Waals surface area (Å²) in [5.74, 6) is -1.58. The van der Waals surface area contributed by atoms with E-state index in [-0.39, 0.29) is 13.0 Å². The van der Waals surface area contributed by atoms with Crippen molar-refractivity contribution in [1.82, 2.24) is 0 Å². The zero-order valence-corrected chi connectivity index (χ0v) is 8.24. The van der Waals surface area contributed by atoms with Gasteiger partial charge in [-0.3, -0.25) is 4.79 Å². The summed E-state index contributed by atoms with van der Waals surface area (Å²) in [7, 11) is 0. The molecule has 0 heterocycles. The summed E-state index contributed by atoms with van der Waals surface area (Å²) >= 11 is 5.68. The molecule has 0 spiro atoms. The van der Waals surface area contributed by atoms with E-state index in [2.05, 4.69) is 0 Å². The summed E-state index contributed by atoms with van der Waals surface area (Å²) in [6.07, 6.45) is 0.219. The Morgan fingerprint density at radius 3 is 2.36 bits per heavy atom. The highest BCUT2D eigenvalue weighted by atomic mass is 35.5. The van der Waals surface area contributed by atoms with Crippen LogP contribution in [-0.2, 0) is 4.79 Å². The first kappa shape index (κ1) is 11.0. The predicted octanol–water partition coefficient (Wildman–Crippen LogP) is 1.89. The minimum Gasteiger partial charge on any atom is -0.481 e. The lowest BCUT2D eigenvalue weighted by Gasteiger charge is -2.10. The van der Waals surface area contributed by atoms with Crippen LogP contribution >= 0.6 is 11.6 Å². The maximum absolute atomic E-state index is 10.8. The van der Waals surface area contributed by atoms with Gasteiger partial charge in [0.25, 0.3) is 0 Å². The third-order valence-electron chi connectivity index (χ3n) is 1.99. The van der Waals surface area contributed by atoms with Crippen molar-refractivity contribution < 1.29 is 15.0 Å². The zero-order chi connectivity index (χ0) is 10.6. The van der Waals surface area contributed by atoms with E-state index in [0.29, 0.717) is 10.6 Å². The number of carboxylic acids is 1. The van der Waals surface area contributed by atoms with Crippen LogP contribution in [0.15, 0.2) is 24.3 Å². The van der Waals surface area contributed by atoms with Gasteiger partial charge in [0.2, 0.25) is 0 Å². The number of hydrogen-bond donors (Lipinski definition) is 2. The Bertz CT molecular complexity index is 308. The fourth-order valence-electron chi connectivity index (χ4n) is 1.26. The number of benzene rings is 1. The molecule has 0 aliphatic carbocycles. The predicted molar refractivity (Wildman–Crippen MR) is 53.5 cm³/mol. The smallest absolute Gasteiger partial charge is 0.311 e. The average molecular weight is 215 g/mol. The van der Waals surface area contributed by atoms with Crippen molar-refractivity contribution in [3.63, 3.8) is 0 Å². The van der Waals surface area contributed by atoms with E-state index in [1.54, 1.807) is 24.3 Å². The maximum Gasteiger partial charge on any atom is 0.311 e. The lowest BCUT2D eigenvalue weighted by molar-refractivity contribution is -0.139. The number of aliphatic hydroxyl groups is 1. The minimum atomic E-state index is -0.929. The van der Waals surface area contributed by atoms with Gasteiger partial charge < -0.3 is 10.2 Å². The molecule has 1 unspecified atom stereocenters. The van der Waals surface area contributed by atoms with Crippen LogP contribution in [0.25, 0.3) is 0 Å². The van der Waals surface area contributed by atoms with Crippen molar-refractivity contribution in [2.45, 2.75) is 12.3 Å². The molecule has 0 aliphatic rings. The third kappa shape index (κ3) is 2.72. The topological polar surface area (TPSA) is 57.5 Å². The van der Waals surface area contributed by atoms with Crippen LogP contribution in [0.5, 0.6) is 0 Å². The zero-order valence-electron chi connectivity index (χ0n) is 7.48. The molecule has 0 saturated heterocycles. The third-order valence-corrected chi connectivity index (χ3v) is 2.24. The average Bonchev–Trinajstić information content (AvgIpc) is 2.15. The fourth-order valence-corrected chi connectivity index (χ4v) is 1.38. The molecule has 0 aliphatic heterocycles. The molecular formula is C10H11ClO3. The number of aliphatic hydroxyl groups excluding tert-OH is 1. The van der Waals surface area contributed by atoms with E-state index in [0.717, 1.165) is 0 Å². The monoisotopic (exact) mass is 214 g/mol. The van der Waals surface area contributed by atoms with Gasteiger partial charge in [0.05, 0.1) is 5.92 Å². The number of hydrogen-bond acceptors (Lipinski definition) is 2. The molecule has 14 heavy (non-hydrogen) atoms. The van der Waals surface area contributed by atoms with Gasteiger partial charge in [-0.15, -0.1) is 0 Å². The van der Waals surface area contributed by atoms with E-state index in [1.807, 2.05) is 0 Å². The number of aliphatic carboxylic acids is 1. The Morgan fingerprint density at radius 2 is 1.93 bits per heavy atom. The second-order valence-corrected chi connectivity index (χ2v) is 3.39. The molecule has 2 N–H and O–H groups in total. The Morgan fingerprint density at radius 1 is 1.36 bits per heavy atom. The standard InChI is InChI=1S/C10H11ClO3/c11-8-3-1-7(2-4-8)9(5-6-12)10(13)14/h1-4,9,12H,5-6H2,(H,13,14). The van der Waals surface area contributed by atoms with E-state index in [1.165, 1.54) is 0 Å². The second kappa shape index (κ2) is 4.98. The van der Waals surface area contributed by atoms with Crippen molar-refractivity contribution in [1.29, 1.82) is 0 Å². The molecule has 3 nitrogen and oxygen atoms in total. The SMILES string of the molecule is O=C(O)C(CCO)c1ccc(Cl)cc1. The molecule has 0 radical (unpaired) electrons. The van der Waals surface area contributed by atoms with Crippen LogP contribution in [0, 0.1) is 0 Å². The van der Waals surface area contributed by atoms with Gasteiger partial charge in [-0.2, -0.15) is 0 Å². The molecule has 76 valence electrons. The summed E-state index contributed by atoms with van der Waals surface area (Å²) < 4.78 is 0. The Labute approximate surface area is 86.9 Å². The molecule has 0 bridgehead atoms. The molecule has 0 fully saturated rings. The van der Waals surface area contributed by atoms with Crippen molar-refractivity contribution >= 4 is 17.6 Å². The lowest BCUT2D eigenvalue weighted by Crippen LogP contribution is -2.12. The van der Waals surface area contributed by atoms with Crippen LogP contribution in [0.3, 0.4) is 0 Å². The maximum atomic E-state index is 10.8. The van der Waals surface area contributed by atoms with Crippen molar-refractivity contribution in [2.24, 2.45) is 0 Å². The summed E-state index contributed by atoms with van der Waals surface area (Å²) in [4.78, 5) is 10.8. The highest BCUT2D eigenvalue weighted by Crippen LogP contribution is 2.21. The Hall–Kier alpha value is -1.06. The summed E-state index contributed by atoms with van der Waals surface area (Å²) in [6.45, 7) is -0.139. The molecule has 0 amide bonds. The fraction of sp³-hybridized carbons (Fsp3) is 0.300. The van der Waals surface area contributed by atoms with Crippen LogP contribution < -0.4 is 0 Å². The van der Waals surface area contributed by atoms with Gasteiger partial charge >= 0.3 is 5.97 Å². The normalized spacial score (nSPS) is 12.4. The Kier molecular flexibility index (Phi) is 3.92. The molecule has 1 aromatic carbocycles. The molecule has 0 aromatic heterocycles. The van der Waals surface area contributed by atoms with Gasteiger partial charge in [0, 0.05) is 11.6 Å². The van der Waals surface area contributed by atoms with E-state index in [9.17, 15) is 4.79 Å². The van der Waals surface area contributed by atoms with Crippen molar-refractivity contribution in [3.05, 3.63) is 34.9 Å². The summed E-state index contributed by atoms with van der Waals surface area (Å²) in [6, 6.07) is 6.61. The van der Waals surface area contributed by atoms with Gasteiger partial charge in [0.15, 0.2) is 0 Å². The number of halogens is 1. The summed E-state index contributed by atoms with van der Waals surface area (Å²) in [5, 5.41) is 18.2. The Balaban J connectivity index is 2.87. The molecular weight excluding hydrogens is 204 g/mol. The van der Waals surface area contributed by atoms with Crippen LogP contribution in [0.1, 0.15) is 17.9 Å². The van der Waals surface area contributed by atoms with Crippen LogP contribution in [0.4, 0.5) is 0 Å². The van der Waals surface area contributed by atoms with E-state index < -0.39 is 11.9 Å². The molecule has 1 rings (SSSR count). The van der Waals surface area contributed by atoms with Crippen molar-refractivity contribution in [2.75, 3.05) is 6.61 Å². The highest BCUT2D eigenvalue weighted by molar-refractivity contribution is 6.30. The van der Waals surface area contributed by atoms with Gasteiger partial charge in [-0.1, -0.05) is 23.7 Å². The molecule has 1 aromatic rings. The number of carboxylic acid groups (broad SMARTS) is 1. The van der Waals surface area contributed by atoms with Crippen LogP contribution in [-0.4, -0.2) is 22.8 Å². The molecule has 4 heteroatoms. The first-order valence-electron chi connectivity index (χ1n) is 4.24.